The summed E-state index contributed by atoms with van der Waals surface area (Å²) < 4.78 is 1.06. The molecule has 2 heterocycles. The maximum Gasteiger partial charge on any atom is 0.281 e. The van der Waals surface area contributed by atoms with Crippen LogP contribution in [0, 0.1) is 47.8 Å². The number of aliphatic hydroxyl groups excluding tert-OH is 1. The van der Waals surface area contributed by atoms with Gasteiger partial charge < -0.3 is 10.2 Å². The molecule has 0 bridgehead atoms. The van der Waals surface area contributed by atoms with Crippen molar-refractivity contribution in [1.82, 2.24) is 31.2 Å². The van der Waals surface area contributed by atoms with Crippen molar-refractivity contribution in [3.63, 3.8) is 0 Å². The second-order valence-corrected chi connectivity index (χ2v) is 16.0. The third-order valence-electron chi connectivity index (χ3n) is 11.7. The number of azo groups is 2. The van der Waals surface area contributed by atoms with E-state index in [0.29, 0.717) is 19.3 Å². The van der Waals surface area contributed by atoms with Crippen LogP contribution < -0.4 is 32.1 Å². The van der Waals surface area contributed by atoms with Gasteiger partial charge >= 0.3 is 0 Å². The molecule has 57 heavy (non-hydrogen) atoms. The fraction of sp³-hybridized carbons (Fsp3) is 0.829. The molecule has 0 spiro atoms. The van der Waals surface area contributed by atoms with E-state index in [1.165, 1.54) is 6.92 Å². The van der Waals surface area contributed by atoms with Crippen LogP contribution in [-0.2, 0) is 26.1 Å². The van der Waals surface area contributed by atoms with E-state index in [1.54, 1.807) is 0 Å². The van der Waals surface area contributed by atoms with Gasteiger partial charge in [-0.3, -0.25) is 57.0 Å². The molecule has 10 unspecified atom stereocenters. The standard InChI is InChI=1S/C35H59N11O11/c1-19-7-25(3-4-29(19)44-42-26-10-21(15-54-50)8-22(11-26)16-55-51)38-34-39-33(40-35(49)41-34)37-5-6-46-31(47)28(14-36)20(2)30(32(46)48)45-43-27-12-23(17-56-52)9-24(13-27)18-57-53/h19,21-27,29,33-35,37-41,47,49-53H,3-13,15-18H2,1-2H3. The predicted octanol–water partition coefficient (Wildman–Crippen LogP) is 2.16. The summed E-state index contributed by atoms with van der Waals surface area (Å²) in [6, 6.07) is 1.72. The van der Waals surface area contributed by atoms with Gasteiger partial charge in [-0.25, -0.2) is 19.6 Å². The number of aliphatic hydroxyl groups is 1. The lowest BCUT2D eigenvalue weighted by Gasteiger charge is -2.40. The molecule has 0 amide bonds. The Morgan fingerprint density at radius 2 is 1.37 bits per heavy atom. The number of nitriles is 1. The van der Waals surface area contributed by atoms with E-state index < -0.39 is 30.4 Å². The van der Waals surface area contributed by atoms with Crippen molar-refractivity contribution in [2.45, 2.75) is 121 Å². The van der Waals surface area contributed by atoms with Gasteiger partial charge in [0.15, 0.2) is 12.0 Å². The summed E-state index contributed by atoms with van der Waals surface area (Å²) in [4.78, 5) is 31.1. The van der Waals surface area contributed by atoms with Gasteiger partial charge in [0, 0.05) is 24.7 Å². The Morgan fingerprint density at radius 3 is 1.91 bits per heavy atom. The minimum absolute atomic E-state index is 0.0391. The van der Waals surface area contributed by atoms with Crippen LogP contribution in [0.1, 0.15) is 75.8 Å². The molecule has 4 fully saturated rings. The van der Waals surface area contributed by atoms with Crippen molar-refractivity contribution in [2.75, 3.05) is 33.0 Å². The Balaban J connectivity index is 1.14. The van der Waals surface area contributed by atoms with Crippen LogP contribution in [0.2, 0.25) is 0 Å². The van der Waals surface area contributed by atoms with E-state index in [9.17, 15) is 20.3 Å². The van der Waals surface area contributed by atoms with Crippen molar-refractivity contribution >= 4 is 5.69 Å². The SMILES string of the molecule is Cc1c(C#N)c(O)n(CCNC2NC(O)NC(NC3CCC(N=NC4CC(COO)CC(COO)C4)C(C)C3)N2)c(=O)c1N=NC1CC(COO)CC(COO)C1. The third kappa shape index (κ3) is 12.7. The minimum atomic E-state index is -1.07. The number of rotatable bonds is 18. The fourth-order valence-electron chi connectivity index (χ4n) is 8.90. The molecule has 0 aromatic carbocycles. The van der Waals surface area contributed by atoms with Crippen molar-refractivity contribution < 1.29 is 50.8 Å². The maximum absolute atomic E-state index is 13.6. The van der Waals surface area contributed by atoms with Gasteiger partial charge in [0.2, 0.25) is 5.88 Å². The molecule has 10 atom stereocenters. The van der Waals surface area contributed by atoms with E-state index >= 15 is 0 Å². The van der Waals surface area contributed by atoms with E-state index in [0.717, 1.165) is 43.1 Å². The van der Waals surface area contributed by atoms with Crippen LogP contribution in [-0.4, -0.2) is 112 Å². The highest BCUT2D eigenvalue weighted by Gasteiger charge is 2.34. The predicted molar refractivity (Wildman–Crippen MR) is 199 cm³/mol. The topological polar surface area (TPSA) is 314 Å². The molecule has 11 N–H and O–H groups in total. The lowest BCUT2D eigenvalue weighted by atomic mass is 9.79. The first-order chi connectivity index (χ1) is 27.5. The van der Waals surface area contributed by atoms with Crippen LogP contribution in [0.4, 0.5) is 5.69 Å². The van der Waals surface area contributed by atoms with Gasteiger partial charge in [0.05, 0.1) is 44.6 Å². The Morgan fingerprint density at radius 1 is 0.807 bits per heavy atom. The normalized spacial score (nSPS) is 33.9. The summed E-state index contributed by atoms with van der Waals surface area (Å²) in [5.74, 6) is -0.191. The summed E-state index contributed by atoms with van der Waals surface area (Å²) in [6.07, 6.45) is 4.26. The molecule has 0 radical (unpaired) electrons. The Labute approximate surface area is 330 Å². The van der Waals surface area contributed by atoms with Crippen LogP contribution in [0.25, 0.3) is 0 Å². The number of hydrogen-bond acceptors (Lipinski definition) is 21. The first-order valence-corrected chi connectivity index (χ1v) is 19.7. The number of aromatic hydroxyl groups is 1. The highest BCUT2D eigenvalue weighted by Crippen LogP contribution is 2.35. The molecule has 1 aliphatic heterocycles. The fourth-order valence-corrected chi connectivity index (χ4v) is 8.90. The van der Waals surface area contributed by atoms with Gasteiger partial charge in [0.1, 0.15) is 24.2 Å². The van der Waals surface area contributed by atoms with Gasteiger partial charge in [-0.15, -0.1) is 5.11 Å². The second kappa shape index (κ2) is 22.3. The minimum Gasteiger partial charge on any atom is -0.493 e. The monoisotopic (exact) mass is 809 g/mol. The average molecular weight is 810 g/mol. The van der Waals surface area contributed by atoms with Gasteiger partial charge in [-0.2, -0.15) is 20.6 Å². The van der Waals surface area contributed by atoms with Crippen LogP contribution in [0.5, 0.6) is 5.88 Å². The van der Waals surface area contributed by atoms with Gasteiger partial charge in [0.25, 0.3) is 5.56 Å². The Hall–Kier alpha value is -3.12. The number of aromatic nitrogens is 1. The zero-order chi connectivity index (χ0) is 40.9. The number of hydrogen-bond donors (Lipinski definition) is 11. The molecule has 5 rings (SSSR count). The first kappa shape index (κ1) is 45.0. The lowest BCUT2D eigenvalue weighted by molar-refractivity contribution is -0.263. The van der Waals surface area contributed by atoms with E-state index in [2.05, 4.69) is 68.4 Å². The molecule has 4 aliphatic rings. The Kier molecular flexibility index (Phi) is 17.6. The summed E-state index contributed by atoms with van der Waals surface area (Å²) in [6.45, 7) is 4.32. The quantitative estimate of drug-likeness (QED) is 0.0575. The highest BCUT2D eigenvalue weighted by molar-refractivity contribution is 5.56. The molecular formula is C35H59N11O11. The number of pyridine rings is 1. The summed E-state index contributed by atoms with van der Waals surface area (Å²) in [7, 11) is 0. The van der Waals surface area contributed by atoms with Crippen molar-refractivity contribution in [2.24, 2.45) is 50.0 Å². The zero-order valence-electron chi connectivity index (χ0n) is 32.4. The van der Waals surface area contributed by atoms with E-state index in [-0.39, 0.29) is 110 Å². The smallest absolute Gasteiger partial charge is 0.281 e. The number of nitrogens with zero attached hydrogens (tertiary/aromatic N) is 6. The lowest BCUT2D eigenvalue weighted by Crippen LogP contribution is -2.75. The molecule has 3 saturated carbocycles. The zero-order valence-corrected chi connectivity index (χ0v) is 32.4. The third-order valence-corrected chi connectivity index (χ3v) is 11.7. The molecule has 1 aromatic heterocycles. The highest BCUT2D eigenvalue weighted by atomic mass is 17.1. The van der Waals surface area contributed by atoms with Crippen LogP contribution in [0.3, 0.4) is 0 Å². The van der Waals surface area contributed by atoms with Crippen molar-refractivity contribution in [1.29, 1.82) is 5.26 Å². The summed E-state index contributed by atoms with van der Waals surface area (Å²) in [5, 5.41) is 101. The van der Waals surface area contributed by atoms with E-state index in [1.807, 2.05) is 6.07 Å². The molecule has 22 heteroatoms. The number of nitrogens with one attached hydrogen (secondary N) is 5. The maximum atomic E-state index is 13.6. The molecular weight excluding hydrogens is 750 g/mol. The summed E-state index contributed by atoms with van der Waals surface area (Å²) in [5.41, 5.74) is -0.633. The first-order valence-electron chi connectivity index (χ1n) is 19.7. The second-order valence-electron chi connectivity index (χ2n) is 16.0. The summed E-state index contributed by atoms with van der Waals surface area (Å²) >= 11 is 0. The van der Waals surface area contributed by atoms with Crippen molar-refractivity contribution in [3.05, 3.63) is 21.5 Å². The van der Waals surface area contributed by atoms with Crippen LogP contribution in [0.15, 0.2) is 25.3 Å². The molecule has 320 valence electrons. The van der Waals surface area contributed by atoms with Crippen LogP contribution >= 0.6 is 0 Å². The molecule has 3 aliphatic carbocycles. The average Bonchev–Trinajstić information content (AvgIpc) is 3.16. The molecule has 1 aromatic rings. The van der Waals surface area contributed by atoms with Gasteiger partial charge in [-0.05, 0) is 94.3 Å². The van der Waals surface area contributed by atoms with Gasteiger partial charge in [-0.1, -0.05) is 6.92 Å². The molecule has 22 nitrogen and oxygen atoms in total. The Bertz CT molecular complexity index is 1550. The molecule has 1 saturated heterocycles. The van der Waals surface area contributed by atoms with E-state index in [4.69, 9.17) is 26.1 Å². The largest absolute Gasteiger partial charge is 0.493 e. The van der Waals surface area contributed by atoms with Crippen molar-refractivity contribution in [3.8, 4) is 11.9 Å².